The van der Waals surface area contributed by atoms with Crippen molar-refractivity contribution in [2.24, 2.45) is 0 Å². The Kier molecular flexibility index (Phi) is 3.38. The van der Waals surface area contributed by atoms with Gasteiger partial charge in [-0.15, -0.1) is 11.3 Å². The Bertz CT molecular complexity index is 692. The van der Waals surface area contributed by atoms with Gasteiger partial charge < -0.3 is 0 Å². The van der Waals surface area contributed by atoms with E-state index in [1.165, 1.54) is 6.07 Å². The Labute approximate surface area is 120 Å². The SMILES string of the molecule is O=S(=O)(N[C@H]1CCn2nccc2C1)c1ccc(Cl)s1. The molecule has 0 aromatic carbocycles. The number of hydrogen-bond donors (Lipinski definition) is 1. The van der Waals surface area contributed by atoms with Gasteiger partial charge in [0.05, 0.1) is 4.34 Å². The Hall–Kier alpha value is -0.890. The molecule has 0 saturated heterocycles. The molecule has 1 atom stereocenters. The molecule has 5 nitrogen and oxygen atoms in total. The highest BCUT2D eigenvalue weighted by Gasteiger charge is 2.25. The van der Waals surface area contributed by atoms with E-state index < -0.39 is 10.0 Å². The second-order valence-electron chi connectivity index (χ2n) is 4.42. The Balaban J connectivity index is 1.76. The molecule has 0 spiro atoms. The van der Waals surface area contributed by atoms with Crippen LogP contribution in [0.15, 0.2) is 28.6 Å². The van der Waals surface area contributed by atoms with E-state index >= 15 is 0 Å². The summed E-state index contributed by atoms with van der Waals surface area (Å²) in [6.45, 7) is 0.737. The van der Waals surface area contributed by atoms with Crippen LogP contribution in [0.1, 0.15) is 12.1 Å². The van der Waals surface area contributed by atoms with Gasteiger partial charge in [0, 0.05) is 30.9 Å². The van der Waals surface area contributed by atoms with Crippen LogP contribution in [0.25, 0.3) is 0 Å². The number of thiophene rings is 1. The second kappa shape index (κ2) is 4.90. The molecule has 2 aromatic rings. The van der Waals surface area contributed by atoms with E-state index in [0.717, 1.165) is 30.0 Å². The maximum absolute atomic E-state index is 12.2. The highest BCUT2D eigenvalue weighted by molar-refractivity contribution is 7.91. The zero-order valence-corrected chi connectivity index (χ0v) is 12.3. The molecule has 0 bridgehead atoms. The number of hydrogen-bond acceptors (Lipinski definition) is 4. The Morgan fingerprint density at radius 3 is 3.00 bits per heavy atom. The summed E-state index contributed by atoms with van der Waals surface area (Å²) in [6, 6.07) is 4.96. The first-order valence-electron chi connectivity index (χ1n) is 5.83. The van der Waals surface area contributed by atoms with Crippen molar-refractivity contribution in [2.75, 3.05) is 0 Å². The summed E-state index contributed by atoms with van der Waals surface area (Å²) >= 11 is 6.84. The monoisotopic (exact) mass is 317 g/mol. The molecule has 3 heterocycles. The first kappa shape index (κ1) is 13.1. The maximum atomic E-state index is 12.2. The Morgan fingerprint density at radius 2 is 2.26 bits per heavy atom. The van der Waals surface area contributed by atoms with Gasteiger partial charge in [-0.2, -0.15) is 5.10 Å². The molecule has 1 aliphatic rings. The molecule has 0 saturated carbocycles. The molecule has 3 rings (SSSR count). The van der Waals surface area contributed by atoms with Crippen molar-refractivity contribution >= 4 is 33.0 Å². The zero-order valence-electron chi connectivity index (χ0n) is 9.91. The average Bonchev–Trinajstić information content (AvgIpc) is 2.96. The van der Waals surface area contributed by atoms with Crippen LogP contribution in [0.2, 0.25) is 4.34 Å². The third kappa shape index (κ3) is 2.69. The molecule has 2 aromatic heterocycles. The van der Waals surface area contributed by atoms with Gasteiger partial charge in [-0.05, 0) is 24.6 Å². The van der Waals surface area contributed by atoms with Gasteiger partial charge in [0.2, 0.25) is 10.0 Å². The summed E-state index contributed by atoms with van der Waals surface area (Å²) in [7, 11) is -3.47. The molecule has 1 N–H and O–H groups in total. The normalized spacial score (nSPS) is 19.3. The van der Waals surface area contributed by atoms with E-state index in [4.69, 9.17) is 11.6 Å². The van der Waals surface area contributed by atoms with Crippen LogP contribution >= 0.6 is 22.9 Å². The van der Waals surface area contributed by atoms with Gasteiger partial charge in [0.1, 0.15) is 4.21 Å². The molecule has 102 valence electrons. The van der Waals surface area contributed by atoms with E-state index in [1.807, 2.05) is 10.7 Å². The predicted molar refractivity (Wildman–Crippen MR) is 74.0 cm³/mol. The van der Waals surface area contributed by atoms with E-state index in [-0.39, 0.29) is 10.3 Å². The Morgan fingerprint density at radius 1 is 1.42 bits per heavy atom. The molecular formula is C11H12ClN3O2S2. The van der Waals surface area contributed by atoms with Crippen molar-refractivity contribution in [2.45, 2.75) is 29.6 Å². The highest BCUT2D eigenvalue weighted by atomic mass is 35.5. The summed E-state index contributed by atoms with van der Waals surface area (Å²) in [5.41, 5.74) is 1.06. The molecule has 0 amide bonds. The highest BCUT2D eigenvalue weighted by Crippen LogP contribution is 2.26. The first-order chi connectivity index (χ1) is 9.04. The number of halogens is 1. The van der Waals surface area contributed by atoms with E-state index in [0.29, 0.717) is 10.8 Å². The number of fused-ring (bicyclic) bond motifs is 1. The van der Waals surface area contributed by atoms with Gasteiger partial charge in [-0.3, -0.25) is 4.68 Å². The van der Waals surface area contributed by atoms with Crippen LogP contribution in [0.4, 0.5) is 0 Å². The molecule has 8 heteroatoms. The number of nitrogens with zero attached hydrogens (tertiary/aromatic N) is 2. The summed E-state index contributed by atoms with van der Waals surface area (Å²) in [6.07, 6.45) is 3.15. The standard InChI is InChI=1S/C11H12ClN3O2S2/c12-10-1-2-11(18-10)19(16,17)14-8-4-6-15-9(7-8)3-5-13-15/h1-3,5,8,14H,4,6-7H2/t8-/m0/s1. The van der Waals surface area contributed by atoms with Crippen LogP contribution in [0.5, 0.6) is 0 Å². The minimum Gasteiger partial charge on any atom is -0.269 e. The third-order valence-electron chi connectivity index (χ3n) is 3.08. The summed E-state index contributed by atoms with van der Waals surface area (Å²) in [5.74, 6) is 0. The molecule has 0 fully saturated rings. The average molecular weight is 318 g/mol. The fourth-order valence-corrected chi connectivity index (χ4v) is 4.96. The van der Waals surface area contributed by atoms with E-state index in [9.17, 15) is 8.42 Å². The number of sulfonamides is 1. The summed E-state index contributed by atoms with van der Waals surface area (Å²) in [4.78, 5) is 0. The van der Waals surface area contributed by atoms with Gasteiger partial charge in [-0.1, -0.05) is 11.6 Å². The lowest BCUT2D eigenvalue weighted by Crippen LogP contribution is -2.39. The van der Waals surface area contributed by atoms with Crippen molar-refractivity contribution in [1.29, 1.82) is 0 Å². The predicted octanol–water partition coefficient (Wildman–Crippen LogP) is 1.89. The number of nitrogens with one attached hydrogen (secondary N) is 1. The van der Waals surface area contributed by atoms with Gasteiger partial charge >= 0.3 is 0 Å². The van der Waals surface area contributed by atoms with Crippen molar-refractivity contribution in [1.82, 2.24) is 14.5 Å². The van der Waals surface area contributed by atoms with E-state index in [2.05, 4.69) is 9.82 Å². The van der Waals surface area contributed by atoms with Gasteiger partial charge in [-0.25, -0.2) is 13.1 Å². The molecule has 1 aliphatic heterocycles. The number of rotatable bonds is 3. The molecule has 0 unspecified atom stereocenters. The maximum Gasteiger partial charge on any atom is 0.250 e. The van der Waals surface area contributed by atoms with Crippen LogP contribution < -0.4 is 4.72 Å². The summed E-state index contributed by atoms with van der Waals surface area (Å²) < 4.78 is 29.7. The number of aryl methyl sites for hydroxylation is 1. The lowest BCUT2D eigenvalue weighted by atomic mass is 10.1. The second-order valence-corrected chi connectivity index (χ2v) is 8.07. The minimum atomic E-state index is -3.47. The van der Waals surface area contributed by atoms with Gasteiger partial charge in [0.15, 0.2) is 0 Å². The molecular weight excluding hydrogens is 306 g/mol. The lowest BCUT2D eigenvalue weighted by molar-refractivity contribution is 0.414. The van der Waals surface area contributed by atoms with Crippen molar-refractivity contribution < 1.29 is 8.42 Å². The quantitative estimate of drug-likeness (QED) is 0.940. The van der Waals surface area contributed by atoms with Crippen molar-refractivity contribution in [3.05, 3.63) is 34.4 Å². The minimum absolute atomic E-state index is 0.0879. The van der Waals surface area contributed by atoms with Crippen molar-refractivity contribution in [3.8, 4) is 0 Å². The molecule has 0 aliphatic carbocycles. The topological polar surface area (TPSA) is 64.0 Å². The lowest BCUT2D eigenvalue weighted by Gasteiger charge is -2.23. The largest absolute Gasteiger partial charge is 0.269 e. The van der Waals surface area contributed by atoms with Crippen LogP contribution in [0.3, 0.4) is 0 Å². The first-order valence-corrected chi connectivity index (χ1v) is 8.51. The van der Waals surface area contributed by atoms with Crippen LogP contribution in [-0.2, 0) is 23.0 Å². The van der Waals surface area contributed by atoms with E-state index in [1.54, 1.807) is 12.3 Å². The zero-order chi connectivity index (χ0) is 13.5. The third-order valence-corrected chi connectivity index (χ3v) is 6.33. The molecule has 0 radical (unpaired) electrons. The van der Waals surface area contributed by atoms with Gasteiger partial charge in [0.25, 0.3) is 0 Å². The molecule has 19 heavy (non-hydrogen) atoms. The smallest absolute Gasteiger partial charge is 0.250 e. The fraction of sp³-hybridized carbons (Fsp3) is 0.364. The van der Waals surface area contributed by atoms with Crippen LogP contribution in [-0.4, -0.2) is 24.2 Å². The fourth-order valence-electron chi connectivity index (χ4n) is 2.19. The summed E-state index contributed by atoms with van der Waals surface area (Å²) in [5, 5.41) is 4.17. The number of aromatic nitrogens is 2. The van der Waals surface area contributed by atoms with Crippen molar-refractivity contribution in [3.63, 3.8) is 0 Å². The van der Waals surface area contributed by atoms with Crippen LogP contribution in [0, 0.1) is 0 Å².